The van der Waals surface area contributed by atoms with E-state index < -0.39 is 12.0 Å². The summed E-state index contributed by atoms with van der Waals surface area (Å²) in [6.45, 7) is 4.70. The van der Waals surface area contributed by atoms with Gasteiger partial charge in [-0.05, 0) is 36.6 Å². The van der Waals surface area contributed by atoms with E-state index in [9.17, 15) is 4.79 Å². The molecule has 0 heterocycles. The van der Waals surface area contributed by atoms with Crippen LogP contribution in [0.5, 0.6) is 0 Å². The van der Waals surface area contributed by atoms with E-state index in [0.717, 1.165) is 28.4 Å². The molecule has 0 bridgehead atoms. The van der Waals surface area contributed by atoms with Crippen molar-refractivity contribution < 1.29 is 9.90 Å². The number of halogens is 1. The Kier molecular flexibility index (Phi) is 6.36. The molecule has 0 spiro atoms. The minimum absolute atomic E-state index is 0.451. The summed E-state index contributed by atoms with van der Waals surface area (Å²) in [5, 5.41) is 12.2. The van der Waals surface area contributed by atoms with Crippen molar-refractivity contribution in [3.8, 4) is 0 Å². The van der Waals surface area contributed by atoms with Gasteiger partial charge in [-0.1, -0.05) is 41.8 Å². The third-order valence-electron chi connectivity index (χ3n) is 2.99. The summed E-state index contributed by atoms with van der Waals surface area (Å²) in [7, 11) is 0. The van der Waals surface area contributed by atoms with E-state index in [1.807, 2.05) is 25.1 Å². The summed E-state index contributed by atoms with van der Waals surface area (Å²) in [5.74, 6) is -0.766. The van der Waals surface area contributed by atoms with Crippen molar-refractivity contribution in [3.63, 3.8) is 0 Å². The van der Waals surface area contributed by atoms with Crippen LogP contribution in [0.2, 0.25) is 0 Å². The van der Waals surface area contributed by atoms with E-state index in [1.165, 1.54) is 0 Å². The summed E-state index contributed by atoms with van der Waals surface area (Å²) in [6.07, 6.45) is 2.63. The highest BCUT2D eigenvalue weighted by Crippen LogP contribution is 2.16. The highest BCUT2D eigenvalue weighted by atomic mass is 79.9. The first-order valence-corrected chi connectivity index (χ1v) is 7.05. The molecule has 0 aliphatic heterocycles. The zero-order valence-corrected chi connectivity index (χ0v) is 12.5. The van der Waals surface area contributed by atoms with Crippen LogP contribution in [-0.4, -0.2) is 17.1 Å². The van der Waals surface area contributed by atoms with E-state index in [1.54, 1.807) is 0 Å². The van der Waals surface area contributed by atoms with Crippen molar-refractivity contribution >= 4 is 21.9 Å². The van der Waals surface area contributed by atoms with Crippen LogP contribution in [0.1, 0.15) is 37.3 Å². The van der Waals surface area contributed by atoms with Crippen LogP contribution in [0.25, 0.3) is 0 Å². The molecule has 0 saturated carbocycles. The maximum absolute atomic E-state index is 11.1. The zero-order valence-electron chi connectivity index (χ0n) is 10.9. The fourth-order valence-electron chi connectivity index (χ4n) is 1.81. The van der Waals surface area contributed by atoms with Crippen LogP contribution in [0.15, 0.2) is 22.7 Å². The quantitative estimate of drug-likeness (QED) is 0.810. The average molecular weight is 314 g/mol. The standard InChI is InChI=1S/C14H20BrNO2/c1-3-4-5-13(14(17)18)16-9-11-6-7-12(15)8-10(11)2/h6-8,13,16H,3-5,9H2,1-2H3,(H,17,18). The van der Waals surface area contributed by atoms with Gasteiger partial charge in [0, 0.05) is 11.0 Å². The number of hydrogen-bond acceptors (Lipinski definition) is 2. The normalized spacial score (nSPS) is 12.4. The molecule has 0 aliphatic carbocycles. The Hall–Kier alpha value is -0.870. The third-order valence-corrected chi connectivity index (χ3v) is 3.48. The largest absolute Gasteiger partial charge is 0.480 e. The number of carboxylic acid groups (broad SMARTS) is 1. The third kappa shape index (κ3) is 4.78. The van der Waals surface area contributed by atoms with Crippen LogP contribution in [-0.2, 0) is 11.3 Å². The number of benzene rings is 1. The first-order chi connectivity index (χ1) is 8.54. The predicted octanol–water partition coefficient (Wildman–Crippen LogP) is 3.49. The number of carboxylic acids is 1. The Morgan fingerprint density at radius 3 is 2.78 bits per heavy atom. The Morgan fingerprint density at radius 1 is 1.50 bits per heavy atom. The number of carbonyl (C=O) groups is 1. The molecule has 1 aromatic rings. The molecule has 0 amide bonds. The van der Waals surface area contributed by atoms with Crippen molar-refractivity contribution in [3.05, 3.63) is 33.8 Å². The molecule has 3 nitrogen and oxygen atoms in total. The Labute approximate surface area is 117 Å². The van der Waals surface area contributed by atoms with Crippen LogP contribution in [0, 0.1) is 6.92 Å². The molecular weight excluding hydrogens is 294 g/mol. The van der Waals surface area contributed by atoms with Gasteiger partial charge in [-0.25, -0.2) is 0 Å². The Morgan fingerprint density at radius 2 is 2.22 bits per heavy atom. The van der Waals surface area contributed by atoms with Gasteiger partial charge in [0.05, 0.1) is 0 Å². The summed E-state index contributed by atoms with van der Waals surface area (Å²) in [6, 6.07) is 5.59. The summed E-state index contributed by atoms with van der Waals surface area (Å²) >= 11 is 3.42. The van der Waals surface area contributed by atoms with Gasteiger partial charge in [0.2, 0.25) is 0 Å². The predicted molar refractivity (Wildman–Crippen MR) is 76.7 cm³/mol. The lowest BCUT2D eigenvalue weighted by molar-refractivity contribution is -0.139. The van der Waals surface area contributed by atoms with Crippen LogP contribution in [0.3, 0.4) is 0 Å². The van der Waals surface area contributed by atoms with Gasteiger partial charge in [-0.15, -0.1) is 0 Å². The molecule has 0 fully saturated rings. The number of aryl methyl sites for hydroxylation is 1. The maximum atomic E-state index is 11.1. The molecule has 4 heteroatoms. The molecule has 0 radical (unpaired) electrons. The van der Waals surface area contributed by atoms with Crippen molar-refractivity contribution in [2.24, 2.45) is 0 Å². The second kappa shape index (κ2) is 7.54. The highest BCUT2D eigenvalue weighted by Gasteiger charge is 2.15. The summed E-state index contributed by atoms with van der Waals surface area (Å²) < 4.78 is 1.05. The minimum Gasteiger partial charge on any atom is -0.480 e. The lowest BCUT2D eigenvalue weighted by Crippen LogP contribution is -2.36. The van der Waals surface area contributed by atoms with Crippen LogP contribution < -0.4 is 5.32 Å². The molecule has 1 unspecified atom stereocenters. The van der Waals surface area contributed by atoms with Crippen molar-refractivity contribution in [2.75, 3.05) is 0 Å². The first kappa shape index (κ1) is 15.2. The van der Waals surface area contributed by atoms with E-state index >= 15 is 0 Å². The zero-order chi connectivity index (χ0) is 13.5. The minimum atomic E-state index is -0.766. The molecule has 1 rings (SSSR count). The molecular formula is C14H20BrNO2. The van der Waals surface area contributed by atoms with E-state index in [-0.39, 0.29) is 0 Å². The number of hydrogen-bond donors (Lipinski definition) is 2. The molecule has 18 heavy (non-hydrogen) atoms. The number of aliphatic carboxylic acids is 1. The second-order valence-corrected chi connectivity index (χ2v) is 5.40. The van der Waals surface area contributed by atoms with Crippen molar-refractivity contribution in [1.29, 1.82) is 0 Å². The highest BCUT2D eigenvalue weighted by molar-refractivity contribution is 9.10. The van der Waals surface area contributed by atoms with E-state index in [4.69, 9.17) is 5.11 Å². The van der Waals surface area contributed by atoms with Gasteiger partial charge in [-0.3, -0.25) is 4.79 Å². The molecule has 0 aromatic heterocycles. The molecule has 100 valence electrons. The van der Waals surface area contributed by atoms with Gasteiger partial charge >= 0.3 is 5.97 Å². The maximum Gasteiger partial charge on any atom is 0.320 e. The first-order valence-electron chi connectivity index (χ1n) is 6.25. The topological polar surface area (TPSA) is 49.3 Å². The number of unbranched alkanes of at least 4 members (excludes halogenated alkanes) is 1. The Balaban J connectivity index is 2.58. The fourth-order valence-corrected chi connectivity index (χ4v) is 2.29. The van der Waals surface area contributed by atoms with E-state index in [0.29, 0.717) is 13.0 Å². The lowest BCUT2D eigenvalue weighted by Gasteiger charge is -2.15. The molecule has 0 aliphatic rings. The smallest absolute Gasteiger partial charge is 0.320 e. The van der Waals surface area contributed by atoms with E-state index in [2.05, 4.69) is 28.2 Å². The van der Waals surface area contributed by atoms with Crippen LogP contribution in [0.4, 0.5) is 0 Å². The monoisotopic (exact) mass is 313 g/mol. The molecule has 1 aromatic carbocycles. The number of rotatable bonds is 7. The molecule has 0 saturated heterocycles. The second-order valence-electron chi connectivity index (χ2n) is 4.48. The SMILES string of the molecule is CCCCC(NCc1ccc(Br)cc1C)C(=O)O. The van der Waals surface area contributed by atoms with Crippen LogP contribution >= 0.6 is 15.9 Å². The van der Waals surface area contributed by atoms with Gasteiger partial charge in [0.15, 0.2) is 0 Å². The van der Waals surface area contributed by atoms with Gasteiger partial charge in [-0.2, -0.15) is 0 Å². The van der Waals surface area contributed by atoms with Gasteiger partial charge in [0.25, 0.3) is 0 Å². The molecule has 2 N–H and O–H groups in total. The fraction of sp³-hybridized carbons (Fsp3) is 0.500. The van der Waals surface area contributed by atoms with Crippen molar-refractivity contribution in [2.45, 2.75) is 45.7 Å². The number of nitrogens with one attached hydrogen (secondary N) is 1. The van der Waals surface area contributed by atoms with Gasteiger partial charge in [0.1, 0.15) is 6.04 Å². The van der Waals surface area contributed by atoms with Gasteiger partial charge < -0.3 is 10.4 Å². The summed E-state index contributed by atoms with van der Waals surface area (Å²) in [4.78, 5) is 11.1. The lowest BCUT2D eigenvalue weighted by atomic mass is 10.1. The summed E-state index contributed by atoms with van der Waals surface area (Å²) in [5.41, 5.74) is 2.30. The average Bonchev–Trinajstić information content (AvgIpc) is 2.31. The van der Waals surface area contributed by atoms with Crippen molar-refractivity contribution in [1.82, 2.24) is 5.32 Å². The Bertz CT molecular complexity index is 407. The molecule has 1 atom stereocenters.